The number of benzene rings is 2. The molecule has 0 saturated carbocycles. The van der Waals surface area contributed by atoms with Crippen LogP contribution in [0.15, 0.2) is 58.7 Å². The van der Waals surface area contributed by atoms with Crippen LogP contribution >= 0.6 is 0 Å². The van der Waals surface area contributed by atoms with Gasteiger partial charge in [0.1, 0.15) is 40.2 Å². The van der Waals surface area contributed by atoms with Gasteiger partial charge in [-0.2, -0.15) is 0 Å². The van der Waals surface area contributed by atoms with Gasteiger partial charge in [0.05, 0.1) is 36.4 Å². The Morgan fingerprint density at radius 3 is 1.54 bits per heavy atom. The van der Waals surface area contributed by atoms with E-state index in [2.05, 4.69) is 65.8 Å². The van der Waals surface area contributed by atoms with E-state index >= 15 is 0 Å². The van der Waals surface area contributed by atoms with E-state index in [1.807, 2.05) is 13.8 Å². The summed E-state index contributed by atoms with van der Waals surface area (Å²) in [7, 11) is -2.10. The van der Waals surface area contributed by atoms with Crippen LogP contribution in [-0.4, -0.2) is 158 Å². The van der Waals surface area contributed by atoms with E-state index in [-0.39, 0.29) is 106 Å². The van der Waals surface area contributed by atoms with Crippen LogP contribution in [-0.2, 0) is 52.3 Å². The second-order valence-electron chi connectivity index (χ2n) is 23.6. The van der Waals surface area contributed by atoms with Crippen LogP contribution in [0.3, 0.4) is 0 Å². The molecule has 8 rings (SSSR count). The molecule has 3 N–H and O–H groups in total. The predicted molar refractivity (Wildman–Crippen MR) is 310 cm³/mol. The number of carboxylic acid groups (broad SMARTS) is 1. The number of carboxylic acids is 1. The summed E-state index contributed by atoms with van der Waals surface area (Å²) >= 11 is 0. The van der Waals surface area contributed by atoms with Crippen molar-refractivity contribution in [3.05, 3.63) is 92.1 Å². The van der Waals surface area contributed by atoms with Crippen molar-refractivity contribution in [1.29, 1.82) is 0 Å². The van der Waals surface area contributed by atoms with E-state index < -0.39 is 75.1 Å². The highest BCUT2D eigenvalue weighted by molar-refractivity contribution is 7.85. The molecule has 0 radical (unpaired) electrons. The molecule has 0 unspecified atom stereocenters. The highest BCUT2D eigenvalue weighted by Gasteiger charge is 2.48. The van der Waals surface area contributed by atoms with Gasteiger partial charge in [-0.1, -0.05) is 46.6 Å². The lowest BCUT2D eigenvalue weighted by molar-refractivity contribution is -0.142. The Balaban J connectivity index is 1.01. The van der Waals surface area contributed by atoms with Crippen LogP contribution in [0.2, 0.25) is 0 Å². The van der Waals surface area contributed by atoms with Gasteiger partial charge in [-0.25, -0.2) is 14.4 Å². The van der Waals surface area contributed by atoms with E-state index in [4.69, 9.17) is 18.9 Å². The Kier molecular flexibility index (Phi) is 19.8. The monoisotopic (exact) mass is 1160 g/mol. The van der Waals surface area contributed by atoms with Crippen LogP contribution in [0.1, 0.15) is 163 Å². The average molecular weight is 1160 g/mol. The number of ether oxygens (including phenoxy) is 4. The van der Waals surface area contributed by atoms with Gasteiger partial charge in [0.25, 0.3) is 11.8 Å². The topological polar surface area (TPSA) is 230 Å². The predicted octanol–water partition coefficient (Wildman–Crippen LogP) is 8.71. The van der Waals surface area contributed by atoms with Crippen molar-refractivity contribution < 1.29 is 66.7 Å². The van der Waals surface area contributed by atoms with Gasteiger partial charge < -0.3 is 53.9 Å². The van der Waals surface area contributed by atoms with Gasteiger partial charge in [-0.3, -0.25) is 18.0 Å². The van der Waals surface area contributed by atoms with Gasteiger partial charge in [0, 0.05) is 112 Å². The summed E-state index contributed by atoms with van der Waals surface area (Å²) in [5, 5.41) is 34.4. The molecule has 0 aliphatic carbocycles. The maximum atomic E-state index is 14.6. The molecule has 2 aromatic rings. The zero-order valence-corrected chi connectivity index (χ0v) is 50.0. The molecule has 0 aromatic heterocycles. The fourth-order valence-electron chi connectivity index (χ4n) is 11.5. The zero-order valence-electron chi connectivity index (χ0n) is 48.4. The molecule has 0 spiro atoms. The minimum absolute atomic E-state index is 0.0199. The van der Waals surface area contributed by atoms with Crippen LogP contribution in [0, 0.1) is 0 Å². The van der Waals surface area contributed by atoms with Crippen molar-refractivity contribution in [1.82, 2.24) is 19.6 Å². The van der Waals surface area contributed by atoms with Crippen molar-refractivity contribution in [2.24, 2.45) is 0 Å². The average Bonchev–Trinajstić information content (AvgIpc) is 3.78. The first kappa shape index (κ1) is 61.2. The number of allylic oxidation sites excluding steroid dienone is 8. The quantitative estimate of drug-likeness (QED) is 0.105. The summed E-state index contributed by atoms with van der Waals surface area (Å²) in [4.78, 5) is 75.4. The SMILES string of the molecule is CC(C)=CCC/C(C)=C/CC[C@@]1(C)Oc2c(c(O[14C](=O)N3CCS(=O)CC3)cc3c2CN(CCC[C@@H](C(=O)O)N2Cc4c(cc(O[14C](=O)N5CCS(=O)CC5)c5c4O[C@](C)(CC/C=C(\C)CCC=C(C)C)[C@@H](O)C5)C2=O)C3=O)C[C@@H]1O. The fourth-order valence-corrected chi connectivity index (χ4v) is 13.6. The van der Waals surface area contributed by atoms with Gasteiger partial charge in [-0.05, 0) is 132 Å². The largest absolute Gasteiger partial charge is 0.484 e. The molecular weight excluding hydrogens is 1080 g/mol. The van der Waals surface area contributed by atoms with E-state index in [9.17, 15) is 47.7 Å². The summed E-state index contributed by atoms with van der Waals surface area (Å²) in [5.74, 6) is -0.294. The number of carbonyl (C=O) groups is 5. The van der Waals surface area contributed by atoms with Gasteiger partial charge in [0.2, 0.25) is 0 Å². The first-order chi connectivity index (χ1) is 38.4. The standard InChI is InChI=1S/C61H82N4O14S2/c1-38(2)14-9-16-40(5)18-11-21-60(7)51(66)34-44-49(76-58(72)62-24-28-80(74)29-25-62)32-42-46(53(44)78-60)36-64(55(42)68)23-13-20-48(57(70)71)65-37-47-43(56(65)69)33-50(77-59(73)63-26-30-81(75)31-27-63)45-35-52(67)61(8,79-54(45)47)22-12-19-41(6)17-10-15-39(3)4/h14-15,18-19,32-33,48,51-52,66-67H,9-13,16-17,20-31,34-37H2,1-8H3,(H,70,71)/b40-18+,41-19+/t48-,51-,52-,60+,61+/m0/s1/i58+2,59+2. The number of amides is 4. The van der Waals surface area contributed by atoms with Gasteiger partial charge >= 0.3 is 18.2 Å². The summed E-state index contributed by atoms with van der Waals surface area (Å²) in [6, 6.07) is 1.61. The normalized spacial score (nSPS) is 23.4. The maximum absolute atomic E-state index is 14.6. The second kappa shape index (κ2) is 26.2. The summed E-state index contributed by atoms with van der Waals surface area (Å²) in [6.07, 6.45) is 11.3. The number of hydrogen-bond donors (Lipinski definition) is 3. The molecule has 2 fully saturated rings. The van der Waals surface area contributed by atoms with Crippen LogP contribution in [0.25, 0.3) is 0 Å². The van der Waals surface area contributed by atoms with Gasteiger partial charge in [0.15, 0.2) is 0 Å². The Bertz CT molecular complexity index is 2940. The molecule has 2 aromatic carbocycles. The summed E-state index contributed by atoms with van der Waals surface area (Å²) in [6.45, 7) is 17.1. The van der Waals surface area contributed by atoms with Crippen molar-refractivity contribution in [3.8, 4) is 23.0 Å². The first-order valence-electron chi connectivity index (χ1n) is 28.6. The lowest BCUT2D eigenvalue weighted by atomic mass is 9.84. The van der Waals surface area contributed by atoms with E-state index in [0.29, 0.717) is 76.7 Å². The molecule has 6 aliphatic heterocycles. The van der Waals surface area contributed by atoms with Crippen molar-refractivity contribution in [2.45, 2.75) is 175 Å². The third-order valence-corrected chi connectivity index (χ3v) is 19.3. The minimum Gasteiger partial charge on any atom is -0.484 e. The number of hydrogen-bond acceptors (Lipinski definition) is 13. The molecule has 4 amide bonds. The highest BCUT2D eigenvalue weighted by Crippen LogP contribution is 2.49. The van der Waals surface area contributed by atoms with E-state index in [1.54, 1.807) is 4.90 Å². The Hall–Kier alpha value is -5.83. The molecule has 0 bridgehead atoms. The zero-order chi connectivity index (χ0) is 58.5. The summed E-state index contributed by atoms with van der Waals surface area (Å²) < 4.78 is 49.8. The lowest BCUT2D eigenvalue weighted by Crippen LogP contribution is -2.49. The van der Waals surface area contributed by atoms with Crippen LogP contribution in [0.5, 0.6) is 23.0 Å². The molecular formula is C61H82N4O14S2. The maximum Gasteiger partial charge on any atom is 0.415 e. The highest BCUT2D eigenvalue weighted by atomic mass is 32.2. The Labute approximate surface area is 481 Å². The van der Waals surface area contributed by atoms with E-state index in [1.165, 1.54) is 49.1 Å². The number of aliphatic carboxylic acids is 1. The molecule has 2 saturated heterocycles. The number of rotatable bonds is 20. The fraction of sp³-hybridized carbons (Fsp3) is 0.590. The molecule has 81 heavy (non-hydrogen) atoms. The summed E-state index contributed by atoms with van der Waals surface area (Å²) in [5.41, 5.74) is 4.93. The van der Waals surface area contributed by atoms with Crippen LogP contribution in [0.4, 0.5) is 9.59 Å². The number of aliphatic hydroxyl groups is 2. The van der Waals surface area contributed by atoms with Crippen molar-refractivity contribution in [3.63, 3.8) is 0 Å². The van der Waals surface area contributed by atoms with Crippen molar-refractivity contribution in [2.75, 3.05) is 55.7 Å². The molecule has 18 nitrogen and oxygen atoms in total. The molecule has 20 heteroatoms. The number of nitrogens with zero attached hydrogens (tertiary/aromatic N) is 4. The third kappa shape index (κ3) is 14.3. The van der Waals surface area contributed by atoms with Gasteiger partial charge in [-0.15, -0.1) is 0 Å². The molecule has 5 atom stereocenters. The molecule has 6 aliphatic rings. The Morgan fingerprint density at radius 2 is 1.11 bits per heavy atom. The first-order valence-corrected chi connectivity index (χ1v) is 31.6. The third-order valence-electron chi connectivity index (χ3n) is 16.7. The number of carbonyl (C=O) groups excluding carboxylic acids is 4. The lowest BCUT2D eigenvalue weighted by Gasteiger charge is -2.41. The minimum atomic E-state index is -1.35. The second-order valence-corrected chi connectivity index (χ2v) is 27.0. The molecule has 442 valence electrons. The number of aliphatic hydroxyl groups excluding tert-OH is 2. The van der Waals surface area contributed by atoms with Crippen LogP contribution < -0.4 is 18.9 Å². The van der Waals surface area contributed by atoms with E-state index in [0.717, 1.165) is 25.7 Å². The number of fused-ring (bicyclic) bond motifs is 6. The van der Waals surface area contributed by atoms with Crippen molar-refractivity contribution >= 4 is 51.6 Å². The smallest absolute Gasteiger partial charge is 0.415 e. The Morgan fingerprint density at radius 1 is 0.679 bits per heavy atom. The molecule has 6 heterocycles.